The van der Waals surface area contributed by atoms with Crippen molar-refractivity contribution in [2.24, 2.45) is 0 Å². The number of rotatable bonds is 5. The normalized spacial score (nSPS) is 11.6. The predicted octanol–water partition coefficient (Wildman–Crippen LogP) is 1.16. The van der Waals surface area contributed by atoms with Crippen molar-refractivity contribution in [3.8, 4) is 5.75 Å². The number of methoxy groups -OCH3 is 1. The summed E-state index contributed by atoms with van der Waals surface area (Å²) in [6, 6.07) is 4.23. The molecule has 1 aromatic rings. The van der Waals surface area contributed by atoms with Crippen LogP contribution in [0.4, 0.5) is 0 Å². The SMILES string of the molecule is COc1cc(S(=O)(=O)N(C)CC(=O)O)ccc1Br. The molecule has 0 saturated carbocycles. The van der Waals surface area contributed by atoms with Gasteiger partial charge in [-0.05, 0) is 28.1 Å². The van der Waals surface area contributed by atoms with Gasteiger partial charge >= 0.3 is 5.97 Å². The second-order valence-electron chi connectivity index (χ2n) is 3.45. The summed E-state index contributed by atoms with van der Waals surface area (Å²) in [7, 11) is -1.21. The lowest BCUT2D eigenvalue weighted by Crippen LogP contribution is -2.32. The Morgan fingerprint density at radius 1 is 1.50 bits per heavy atom. The van der Waals surface area contributed by atoms with Crippen LogP contribution in [0.25, 0.3) is 0 Å². The highest BCUT2D eigenvalue weighted by molar-refractivity contribution is 9.10. The van der Waals surface area contributed by atoms with Crippen LogP contribution in [0, 0.1) is 0 Å². The van der Waals surface area contributed by atoms with Crippen molar-refractivity contribution < 1.29 is 23.1 Å². The average molecular weight is 338 g/mol. The van der Waals surface area contributed by atoms with Crippen LogP contribution >= 0.6 is 15.9 Å². The van der Waals surface area contributed by atoms with Gasteiger partial charge in [0.1, 0.15) is 12.3 Å². The van der Waals surface area contributed by atoms with Crippen LogP contribution in [0.1, 0.15) is 0 Å². The molecule has 1 aromatic carbocycles. The van der Waals surface area contributed by atoms with Gasteiger partial charge in [0.25, 0.3) is 0 Å². The molecular weight excluding hydrogens is 326 g/mol. The zero-order valence-corrected chi connectivity index (χ0v) is 12.2. The molecule has 100 valence electrons. The van der Waals surface area contributed by atoms with Crippen molar-refractivity contribution in [3.63, 3.8) is 0 Å². The molecule has 0 aliphatic carbocycles. The molecule has 8 heteroatoms. The fourth-order valence-electron chi connectivity index (χ4n) is 1.26. The number of halogens is 1. The highest BCUT2D eigenvalue weighted by Gasteiger charge is 2.23. The minimum Gasteiger partial charge on any atom is -0.496 e. The van der Waals surface area contributed by atoms with E-state index in [1.807, 2.05) is 0 Å². The Bertz CT molecular complexity index is 557. The molecule has 0 aliphatic rings. The lowest BCUT2D eigenvalue weighted by atomic mass is 10.3. The van der Waals surface area contributed by atoms with Crippen LogP contribution in [0.15, 0.2) is 27.6 Å². The van der Waals surface area contributed by atoms with Crippen LogP contribution in [0.3, 0.4) is 0 Å². The Kier molecular flexibility index (Phi) is 4.71. The summed E-state index contributed by atoms with van der Waals surface area (Å²) >= 11 is 3.21. The Morgan fingerprint density at radius 3 is 2.61 bits per heavy atom. The summed E-state index contributed by atoms with van der Waals surface area (Å²) < 4.78 is 30.5. The molecule has 0 atom stereocenters. The minimum atomic E-state index is -3.83. The number of ether oxygens (including phenoxy) is 1. The lowest BCUT2D eigenvalue weighted by molar-refractivity contribution is -0.137. The highest BCUT2D eigenvalue weighted by atomic mass is 79.9. The zero-order valence-electron chi connectivity index (χ0n) is 9.75. The van der Waals surface area contributed by atoms with Crippen molar-refractivity contribution in [2.75, 3.05) is 20.7 Å². The smallest absolute Gasteiger partial charge is 0.318 e. The summed E-state index contributed by atoms with van der Waals surface area (Å²) in [5, 5.41) is 8.60. The predicted molar refractivity (Wildman–Crippen MR) is 68.1 cm³/mol. The van der Waals surface area contributed by atoms with E-state index in [-0.39, 0.29) is 4.90 Å². The molecule has 6 nitrogen and oxygen atoms in total. The van der Waals surface area contributed by atoms with Crippen LogP contribution < -0.4 is 4.74 Å². The first kappa shape index (κ1) is 14.9. The largest absolute Gasteiger partial charge is 0.496 e. The van der Waals surface area contributed by atoms with Crippen LogP contribution in [0.2, 0.25) is 0 Å². The summed E-state index contributed by atoms with van der Waals surface area (Å²) in [4.78, 5) is 10.5. The topological polar surface area (TPSA) is 83.9 Å². The van der Waals surface area contributed by atoms with E-state index in [0.29, 0.717) is 10.2 Å². The number of carboxylic acid groups (broad SMARTS) is 1. The highest BCUT2D eigenvalue weighted by Crippen LogP contribution is 2.28. The second-order valence-corrected chi connectivity index (χ2v) is 6.35. The maximum atomic E-state index is 12.0. The zero-order chi connectivity index (χ0) is 13.9. The summed E-state index contributed by atoms with van der Waals surface area (Å²) in [5.41, 5.74) is 0. The number of hydrogen-bond acceptors (Lipinski definition) is 4. The molecule has 0 aliphatic heterocycles. The van der Waals surface area contributed by atoms with Crippen molar-refractivity contribution in [1.29, 1.82) is 0 Å². The van der Waals surface area contributed by atoms with Gasteiger partial charge in [-0.1, -0.05) is 0 Å². The second kappa shape index (κ2) is 5.68. The molecule has 18 heavy (non-hydrogen) atoms. The minimum absolute atomic E-state index is 0.0219. The van der Waals surface area contributed by atoms with E-state index in [1.54, 1.807) is 0 Å². The Hall–Kier alpha value is -1.12. The van der Waals surface area contributed by atoms with E-state index >= 15 is 0 Å². The molecule has 0 saturated heterocycles. The van der Waals surface area contributed by atoms with Gasteiger partial charge in [0.05, 0.1) is 16.5 Å². The first-order valence-corrected chi connectivity index (χ1v) is 7.04. The number of likely N-dealkylation sites (N-methyl/N-ethyl adjacent to an activating group) is 1. The number of benzene rings is 1. The molecule has 0 unspecified atom stereocenters. The Balaban J connectivity index is 3.16. The van der Waals surface area contributed by atoms with Crippen molar-refractivity contribution in [3.05, 3.63) is 22.7 Å². The molecule has 0 aromatic heterocycles. The number of nitrogens with zero attached hydrogens (tertiary/aromatic N) is 1. The molecule has 0 heterocycles. The van der Waals surface area contributed by atoms with E-state index in [2.05, 4.69) is 15.9 Å². The van der Waals surface area contributed by atoms with Crippen molar-refractivity contribution >= 4 is 31.9 Å². The van der Waals surface area contributed by atoms with Gasteiger partial charge in [-0.15, -0.1) is 0 Å². The van der Waals surface area contributed by atoms with Gasteiger partial charge in [-0.2, -0.15) is 4.31 Å². The fraction of sp³-hybridized carbons (Fsp3) is 0.300. The summed E-state index contributed by atoms with van der Waals surface area (Å²) in [6.45, 7) is -0.597. The van der Waals surface area contributed by atoms with Crippen LogP contribution in [-0.2, 0) is 14.8 Å². The molecule has 0 radical (unpaired) electrons. The van der Waals surface area contributed by atoms with E-state index in [4.69, 9.17) is 9.84 Å². The van der Waals surface area contributed by atoms with Crippen LogP contribution in [-0.4, -0.2) is 44.5 Å². The molecule has 0 amide bonds. The van der Waals surface area contributed by atoms with Crippen LogP contribution in [0.5, 0.6) is 5.75 Å². The third-order valence-corrected chi connectivity index (χ3v) is 4.64. The maximum Gasteiger partial charge on any atom is 0.318 e. The Labute approximate surface area is 113 Å². The Morgan fingerprint density at radius 2 is 2.11 bits per heavy atom. The van der Waals surface area contributed by atoms with Crippen molar-refractivity contribution in [1.82, 2.24) is 4.31 Å². The fourth-order valence-corrected chi connectivity index (χ4v) is 2.80. The van der Waals surface area contributed by atoms with Gasteiger partial charge in [0.2, 0.25) is 10.0 Å². The standard InChI is InChI=1S/C10H12BrNO5S/c1-12(6-10(13)14)18(15,16)7-3-4-8(11)9(5-7)17-2/h3-5H,6H2,1-2H3,(H,13,14). The monoisotopic (exact) mass is 337 g/mol. The number of hydrogen-bond donors (Lipinski definition) is 1. The first-order chi connectivity index (χ1) is 8.28. The molecule has 0 bridgehead atoms. The van der Waals surface area contributed by atoms with Gasteiger partial charge < -0.3 is 9.84 Å². The van der Waals surface area contributed by atoms with E-state index in [9.17, 15) is 13.2 Å². The molecule has 0 spiro atoms. The van der Waals surface area contributed by atoms with Gasteiger partial charge in [-0.25, -0.2) is 8.42 Å². The summed E-state index contributed by atoms with van der Waals surface area (Å²) in [6.07, 6.45) is 0. The maximum absolute atomic E-state index is 12.0. The lowest BCUT2D eigenvalue weighted by Gasteiger charge is -2.15. The van der Waals surface area contributed by atoms with Gasteiger partial charge in [-0.3, -0.25) is 4.79 Å². The van der Waals surface area contributed by atoms with E-state index < -0.39 is 22.5 Å². The quantitative estimate of drug-likeness (QED) is 0.871. The van der Waals surface area contributed by atoms with Crippen molar-refractivity contribution in [2.45, 2.75) is 4.90 Å². The number of carbonyl (C=O) groups is 1. The molecular formula is C10H12BrNO5S. The number of carboxylic acids is 1. The molecule has 1 N–H and O–H groups in total. The third kappa shape index (κ3) is 3.21. The third-order valence-electron chi connectivity index (χ3n) is 2.19. The van der Waals surface area contributed by atoms with E-state index in [0.717, 1.165) is 4.31 Å². The number of aliphatic carboxylic acids is 1. The molecule has 1 rings (SSSR count). The van der Waals surface area contributed by atoms with E-state index in [1.165, 1.54) is 32.4 Å². The summed E-state index contributed by atoms with van der Waals surface area (Å²) in [5.74, 6) is -0.857. The first-order valence-electron chi connectivity index (χ1n) is 4.80. The van der Waals surface area contributed by atoms with Gasteiger partial charge in [0, 0.05) is 13.1 Å². The molecule has 0 fully saturated rings. The van der Waals surface area contributed by atoms with Gasteiger partial charge in [0.15, 0.2) is 0 Å². The average Bonchev–Trinajstić information content (AvgIpc) is 2.28. The number of sulfonamides is 1.